The van der Waals surface area contributed by atoms with Crippen LogP contribution in [0.2, 0.25) is 5.02 Å². The van der Waals surface area contributed by atoms with Crippen molar-refractivity contribution in [1.82, 2.24) is 0 Å². The Morgan fingerprint density at radius 2 is 2.10 bits per heavy atom. The Morgan fingerprint density at radius 1 is 1.40 bits per heavy atom. The topological polar surface area (TPSA) is 35.5 Å². The van der Waals surface area contributed by atoms with Crippen LogP contribution in [0.25, 0.3) is 0 Å². The molecule has 1 fully saturated rings. The summed E-state index contributed by atoms with van der Waals surface area (Å²) in [6, 6.07) is 3.63. The Balaban J connectivity index is 2.37. The van der Waals surface area contributed by atoms with E-state index in [0.29, 0.717) is 22.9 Å². The first-order valence-corrected chi connectivity index (χ1v) is 7.51. The SMILES string of the molecule is COc1ccc(Cl)c(C(C)CC=O)c1OC1CCCC1. The first-order chi connectivity index (χ1) is 9.67. The number of carbonyl (C=O) groups is 1. The molecule has 1 unspecified atom stereocenters. The number of ether oxygens (including phenoxy) is 2. The average Bonchev–Trinajstić information content (AvgIpc) is 2.92. The van der Waals surface area contributed by atoms with Crippen LogP contribution in [0, 0.1) is 0 Å². The number of carbonyl (C=O) groups excluding carboxylic acids is 1. The molecule has 1 aromatic rings. The van der Waals surface area contributed by atoms with Crippen LogP contribution in [0.4, 0.5) is 0 Å². The summed E-state index contributed by atoms with van der Waals surface area (Å²) in [5, 5.41) is 0.633. The van der Waals surface area contributed by atoms with Crippen molar-refractivity contribution < 1.29 is 14.3 Å². The van der Waals surface area contributed by atoms with Gasteiger partial charge in [-0.25, -0.2) is 0 Å². The molecule has 110 valence electrons. The highest BCUT2D eigenvalue weighted by Gasteiger charge is 2.24. The van der Waals surface area contributed by atoms with Crippen molar-refractivity contribution >= 4 is 17.9 Å². The molecule has 3 nitrogen and oxygen atoms in total. The van der Waals surface area contributed by atoms with Crippen molar-refractivity contribution in [3.05, 3.63) is 22.7 Å². The van der Waals surface area contributed by atoms with E-state index < -0.39 is 0 Å². The standard InChI is InChI=1S/C16H21ClO3/c1-11(9-10-18)15-13(17)7-8-14(19-2)16(15)20-12-5-3-4-6-12/h7-8,10-12H,3-6,9H2,1-2H3. The maximum absolute atomic E-state index is 10.8. The predicted molar refractivity (Wildman–Crippen MR) is 80.0 cm³/mol. The second-order valence-electron chi connectivity index (χ2n) is 5.32. The minimum Gasteiger partial charge on any atom is -0.493 e. The quantitative estimate of drug-likeness (QED) is 0.732. The minimum absolute atomic E-state index is 0.0199. The summed E-state index contributed by atoms with van der Waals surface area (Å²) in [7, 11) is 1.62. The zero-order valence-electron chi connectivity index (χ0n) is 12.0. The second kappa shape index (κ2) is 6.98. The van der Waals surface area contributed by atoms with E-state index >= 15 is 0 Å². The van der Waals surface area contributed by atoms with E-state index in [1.54, 1.807) is 13.2 Å². The molecule has 1 saturated carbocycles. The van der Waals surface area contributed by atoms with E-state index in [1.807, 2.05) is 13.0 Å². The van der Waals surface area contributed by atoms with Crippen LogP contribution in [0.15, 0.2) is 12.1 Å². The molecule has 0 bridgehead atoms. The van der Waals surface area contributed by atoms with Gasteiger partial charge in [0.05, 0.1) is 13.2 Å². The van der Waals surface area contributed by atoms with Gasteiger partial charge in [0, 0.05) is 17.0 Å². The highest BCUT2D eigenvalue weighted by atomic mass is 35.5. The molecule has 0 amide bonds. The molecule has 0 aromatic heterocycles. The maximum atomic E-state index is 10.8. The second-order valence-corrected chi connectivity index (χ2v) is 5.73. The molecule has 0 spiro atoms. The van der Waals surface area contributed by atoms with Crippen LogP contribution < -0.4 is 9.47 Å². The largest absolute Gasteiger partial charge is 0.493 e. The fourth-order valence-electron chi connectivity index (χ4n) is 2.73. The number of halogens is 1. The molecule has 4 heteroatoms. The lowest BCUT2D eigenvalue weighted by Crippen LogP contribution is -2.14. The molecule has 1 aliphatic rings. The van der Waals surface area contributed by atoms with Gasteiger partial charge >= 0.3 is 0 Å². The van der Waals surface area contributed by atoms with Gasteiger partial charge in [0.25, 0.3) is 0 Å². The zero-order valence-corrected chi connectivity index (χ0v) is 12.8. The Labute approximate surface area is 125 Å². The number of aldehydes is 1. The third-order valence-electron chi connectivity index (χ3n) is 3.86. The lowest BCUT2D eigenvalue weighted by Gasteiger charge is -2.22. The van der Waals surface area contributed by atoms with E-state index in [-0.39, 0.29) is 12.0 Å². The molecular weight excluding hydrogens is 276 g/mol. The minimum atomic E-state index is 0.0199. The summed E-state index contributed by atoms with van der Waals surface area (Å²) < 4.78 is 11.6. The van der Waals surface area contributed by atoms with E-state index in [0.717, 1.165) is 24.7 Å². The smallest absolute Gasteiger partial charge is 0.166 e. The lowest BCUT2D eigenvalue weighted by atomic mass is 9.96. The zero-order chi connectivity index (χ0) is 14.5. The fourth-order valence-corrected chi connectivity index (χ4v) is 3.07. The Hall–Kier alpha value is -1.22. The van der Waals surface area contributed by atoms with E-state index in [1.165, 1.54) is 12.8 Å². The maximum Gasteiger partial charge on any atom is 0.166 e. The molecule has 1 aliphatic carbocycles. The first-order valence-electron chi connectivity index (χ1n) is 7.14. The van der Waals surface area contributed by atoms with Gasteiger partial charge in [-0.1, -0.05) is 18.5 Å². The highest BCUT2D eigenvalue weighted by molar-refractivity contribution is 6.31. The molecule has 20 heavy (non-hydrogen) atoms. The van der Waals surface area contributed by atoms with Gasteiger partial charge in [0.1, 0.15) is 6.29 Å². The monoisotopic (exact) mass is 296 g/mol. The number of hydrogen-bond donors (Lipinski definition) is 0. The van der Waals surface area contributed by atoms with Crippen LogP contribution in [-0.2, 0) is 4.79 Å². The number of methoxy groups -OCH3 is 1. The summed E-state index contributed by atoms with van der Waals surface area (Å²) in [6.07, 6.45) is 6.10. The van der Waals surface area contributed by atoms with E-state index in [9.17, 15) is 4.79 Å². The third kappa shape index (κ3) is 3.26. The van der Waals surface area contributed by atoms with Crippen LogP contribution in [0.1, 0.15) is 50.5 Å². The molecule has 0 N–H and O–H groups in total. The summed E-state index contributed by atoms with van der Waals surface area (Å²) in [6.45, 7) is 1.98. The van der Waals surface area contributed by atoms with Crippen molar-refractivity contribution in [2.75, 3.05) is 7.11 Å². The van der Waals surface area contributed by atoms with Crippen LogP contribution in [-0.4, -0.2) is 19.5 Å². The first kappa shape index (κ1) is 15.2. The number of hydrogen-bond acceptors (Lipinski definition) is 3. The Kier molecular flexibility index (Phi) is 5.30. The van der Waals surface area contributed by atoms with Gasteiger partial charge < -0.3 is 14.3 Å². The molecule has 0 radical (unpaired) electrons. The summed E-state index contributed by atoms with van der Waals surface area (Å²) in [4.78, 5) is 10.8. The van der Waals surface area contributed by atoms with Gasteiger partial charge in [-0.05, 0) is 43.7 Å². The van der Waals surface area contributed by atoms with Crippen molar-refractivity contribution in [1.29, 1.82) is 0 Å². The van der Waals surface area contributed by atoms with Crippen molar-refractivity contribution in [2.45, 2.75) is 51.0 Å². The van der Waals surface area contributed by atoms with E-state index in [4.69, 9.17) is 21.1 Å². The van der Waals surface area contributed by atoms with Crippen LogP contribution in [0.3, 0.4) is 0 Å². The molecule has 1 aromatic carbocycles. The summed E-state index contributed by atoms with van der Waals surface area (Å²) in [5.74, 6) is 1.42. The van der Waals surface area contributed by atoms with Crippen molar-refractivity contribution in [3.63, 3.8) is 0 Å². The molecule has 0 saturated heterocycles. The Bertz CT molecular complexity index is 467. The normalized spacial score (nSPS) is 16.9. The highest BCUT2D eigenvalue weighted by Crippen LogP contribution is 2.43. The molecule has 2 rings (SSSR count). The summed E-state index contributed by atoms with van der Waals surface area (Å²) >= 11 is 6.32. The summed E-state index contributed by atoms with van der Waals surface area (Å²) in [5.41, 5.74) is 0.880. The van der Waals surface area contributed by atoms with Gasteiger partial charge in [-0.15, -0.1) is 0 Å². The van der Waals surface area contributed by atoms with Gasteiger partial charge in [-0.3, -0.25) is 0 Å². The predicted octanol–water partition coefficient (Wildman–Crippen LogP) is 4.36. The molecule has 1 atom stereocenters. The lowest BCUT2D eigenvalue weighted by molar-refractivity contribution is -0.108. The van der Waals surface area contributed by atoms with Crippen LogP contribution >= 0.6 is 11.6 Å². The Morgan fingerprint density at radius 3 is 2.70 bits per heavy atom. The molecular formula is C16H21ClO3. The van der Waals surface area contributed by atoms with E-state index in [2.05, 4.69) is 0 Å². The van der Waals surface area contributed by atoms with Crippen LogP contribution in [0.5, 0.6) is 11.5 Å². The number of benzene rings is 1. The number of rotatable bonds is 6. The van der Waals surface area contributed by atoms with Gasteiger partial charge in [0.2, 0.25) is 0 Å². The fraction of sp³-hybridized carbons (Fsp3) is 0.562. The third-order valence-corrected chi connectivity index (χ3v) is 4.19. The van der Waals surface area contributed by atoms with Gasteiger partial charge in [0.15, 0.2) is 11.5 Å². The average molecular weight is 297 g/mol. The van der Waals surface area contributed by atoms with Crippen molar-refractivity contribution in [2.24, 2.45) is 0 Å². The van der Waals surface area contributed by atoms with Crippen molar-refractivity contribution in [3.8, 4) is 11.5 Å². The van der Waals surface area contributed by atoms with Gasteiger partial charge in [-0.2, -0.15) is 0 Å². The molecule has 0 heterocycles. The molecule has 0 aliphatic heterocycles.